The van der Waals surface area contributed by atoms with Crippen LogP contribution in [0.25, 0.3) is 0 Å². The van der Waals surface area contributed by atoms with E-state index in [9.17, 15) is 0 Å². The summed E-state index contributed by atoms with van der Waals surface area (Å²) in [5.74, 6) is 0. The summed E-state index contributed by atoms with van der Waals surface area (Å²) in [6.07, 6.45) is 0. The van der Waals surface area contributed by atoms with Crippen LogP contribution < -0.4 is 5.32 Å². The average molecular weight is 337 g/mol. The van der Waals surface area contributed by atoms with E-state index in [1.54, 1.807) is 0 Å². The Kier molecular flexibility index (Phi) is 5.74. The highest BCUT2D eigenvalue weighted by atomic mass is 35.5. The fraction of sp³-hybridized carbons (Fsp3) is 0.333. The number of fused-ring (bicyclic) bond motifs is 1. The molecule has 0 unspecified atom stereocenters. The number of hydrogen-bond acceptors (Lipinski definition) is 2. The van der Waals surface area contributed by atoms with Gasteiger partial charge in [0.1, 0.15) is 0 Å². The quantitative estimate of drug-likeness (QED) is 0.843. The van der Waals surface area contributed by atoms with Crippen LogP contribution >= 0.6 is 24.0 Å². The Hall–Kier alpha value is -1.22. The van der Waals surface area contributed by atoms with Crippen molar-refractivity contribution in [3.05, 3.63) is 63.7 Å². The highest BCUT2D eigenvalue weighted by molar-refractivity contribution is 6.31. The fourth-order valence-corrected chi connectivity index (χ4v) is 3.03. The topological polar surface area (TPSA) is 15.3 Å². The van der Waals surface area contributed by atoms with Gasteiger partial charge in [-0.1, -0.05) is 42.8 Å². The van der Waals surface area contributed by atoms with Gasteiger partial charge in [0.05, 0.1) is 0 Å². The minimum absolute atomic E-state index is 0. The first-order valence-corrected chi connectivity index (χ1v) is 7.87. The van der Waals surface area contributed by atoms with Crippen LogP contribution in [0.3, 0.4) is 0 Å². The molecule has 0 atom stereocenters. The number of aryl methyl sites for hydroxylation is 1. The van der Waals surface area contributed by atoms with Gasteiger partial charge in [0, 0.05) is 30.3 Å². The molecule has 0 fully saturated rings. The van der Waals surface area contributed by atoms with Gasteiger partial charge in [-0.05, 0) is 47.9 Å². The van der Waals surface area contributed by atoms with Crippen LogP contribution in [0.5, 0.6) is 0 Å². The minimum atomic E-state index is 0. The Morgan fingerprint density at radius 2 is 2.00 bits per heavy atom. The molecule has 1 N–H and O–H groups in total. The Morgan fingerprint density at radius 1 is 1.18 bits per heavy atom. The Labute approximate surface area is 143 Å². The van der Waals surface area contributed by atoms with Crippen molar-refractivity contribution in [3.63, 3.8) is 0 Å². The zero-order valence-electron chi connectivity index (χ0n) is 13.0. The molecule has 0 saturated carbocycles. The predicted molar refractivity (Wildman–Crippen MR) is 97.0 cm³/mol. The van der Waals surface area contributed by atoms with Gasteiger partial charge in [-0.2, -0.15) is 0 Å². The van der Waals surface area contributed by atoms with Gasteiger partial charge in [-0.15, -0.1) is 12.4 Å². The van der Waals surface area contributed by atoms with Crippen LogP contribution in [0.1, 0.15) is 29.2 Å². The number of nitrogens with one attached hydrogen (secondary N) is 1. The summed E-state index contributed by atoms with van der Waals surface area (Å²) in [5, 5.41) is 4.30. The normalized spacial score (nSPS) is 13.6. The van der Waals surface area contributed by atoms with Crippen LogP contribution in [0, 0.1) is 6.92 Å². The number of rotatable bonds is 4. The molecule has 0 spiro atoms. The average Bonchev–Trinajstić information content (AvgIpc) is 2.92. The summed E-state index contributed by atoms with van der Waals surface area (Å²) >= 11 is 6.18. The monoisotopic (exact) mass is 336 g/mol. The van der Waals surface area contributed by atoms with Crippen LogP contribution in [0.2, 0.25) is 5.02 Å². The zero-order valence-corrected chi connectivity index (χ0v) is 14.6. The molecule has 4 heteroatoms. The van der Waals surface area contributed by atoms with E-state index in [0.717, 1.165) is 42.5 Å². The van der Waals surface area contributed by atoms with E-state index in [2.05, 4.69) is 47.5 Å². The molecule has 1 heterocycles. The standard InChI is InChI=1S/C18H21ClN2.ClH/c1-3-21-11-15-6-4-5-14(17(15)12-21)10-20-16-8-7-13(2)18(19)9-16;/h4-9,20H,3,10-12H2,1-2H3;1H. The van der Waals surface area contributed by atoms with Gasteiger partial charge < -0.3 is 5.32 Å². The lowest BCUT2D eigenvalue weighted by Crippen LogP contribution is -2.15. The molecule has 2 aromatic carbocycles. The lowest BCUT2D eigenvalue weighted by Gasteiger charge is -2.12. The second-order valence-corrected chi connectivity index (χ2v) is 6.08. The first-order chi connectivity index (χ1) is 10.2. The molecule has 0 aromatic heterocycles. The first kappa shape index (κ1) is 17.1. The van der Waals surface area contributed by atoms with Crippen molar-refractivity contribution >= 4 is 29.7 Å². The van der Waals surface area contributed by atoms with Crippen molar-refractivity contribution < 1.29 is 0 Å². The molecule has 3 rings (SSSR count). The van der Waals surface area contributed by atoms with Crippen LogP contribution in [-0.2, 0) is 19.6 Å². The molecule has 2 aromatic rings. The van der Waals surface area contributed by atoms with Crippen LogP contribution in [-0.4, -0.2) is 11.4 Å². The van der Waals surface area contributed by atoms with Crippen molar-refractivity contribution in [2.75, 3.05) is 11.9 Å². The summed E-state index contributed by atoms with van der Waals surface area (Å²) < 4.78 is 0. The molecular weight excluding hydrogens is 315 g/mol. The molecule has 22 heavy (non-hydrogen) atoms. The number of nitrogens with zero attached hydrogens (tertiary/aromatic N) is 1. The van der Waals surface area contributed by atoms with Crippen molar-refractivity contribution in [2.45, 2.75) is 33.5 Å². The Bertz CT molecular complexity index is 656. The van der Waals surface area contributed by atoms with Crippen LogP contribution in [0.4, 0.5) is 5.69 Å². The lowest BCUT2D eigenvalue weighted by molar-refractivity contribution is 0.300. The molecule has 0 saturated heterocycles. The second-order valence-electron chi connectivity index (χ2n) is 5.68. The molecular formula is C18H22Cl2N2. The molecule has 0 aliphatic carbocycles. The highest BCUT2D eigenvalue weighted by Crippen LogP contribution is 2.27. The lowest BCUT2D eigenvalue weighted by atomic mass is 10.0. The van der Waals surface area contributed by atoms with Gasteiger partial charge in [0.25, 0.3) is 0 Å². The van der Waals surface area contributed by atoms with E-state index in [-0.39, 0.29) is 12.4 Å². The van der Waals surface area contributed by atoms with E-state index in [4.69, 9.17) is 11.6 Å². The van der Waals surface area contributed by atoms with Gasteiger partial charge in [-0.25, -0.2) is 0 Å². The SMILES string of the molecule is CCN1Cc2cccc(CNc3ccc(C)c(Cl)c3)c2C1.Cl. The smallest absolute Gasteiger partial charge is 0.0455 e. The maximum atomic E-state index is 6.18. The number of hydrogen-bond donors (Lipinski definition) is 1. The third-order valence-corrected chi connectivity index (χ3v) is 4.65. The largest absolute Gasteiger partial charge is 0.381 e. The highest BCUT2D eigenvalue weighted by Gasteiger charge is 2.19. The van der Waals surface area contributed by atoms with Gasteiger partial charge in [0.15, 0.2) is 0 Å². The molecule has 118 valence electrons. The fourth-order valence-electron chi connectivity index (χ4n) is 2.85. The van der Waals surface area contributed by atoms with Crippen molar-refractivity contribution in [1.29, 1.82) is 0 Å². The molecule has 1 aliphatic rings. The van der Waals surface area contributed by atoms with Gasteiger partial charge in [0.2, 0.25) is 0 Å². The summed E-state index contributed by atoms with van der Waals surface area (Å²) in [6, 6.07) is 12.8. The molecule has 0 amide bonds. The van der Waals surface area contributed by atoms with E-state index in [1.807, 2.05) is 13.0 Å². The van der Waals surface area contributed by atoms with Crippen molar-refractivity contribution in [2.24, 2.45) is 0 Å². The van der Waals surface area contributed by atoms with Gasteiger partial charge in [-0.3, -0.25) is 4.90 Å². The zero-order chi connectivity index (χ0) is 14.8. The van der Waals surface area contributed by atoms with E-state index < -0.39 is 0 Å². The maximum absolute atomic E-state index is 6.18. The molecule has 0 radical (unpaired) electrons. The van der Waals surface area contributed by atoms with Crippen molar-refractivity contribution in [1.82, 2.24) is 4.90 Å². The molecule has 1 aliphatic heterocycles. The van der Waals surface area contributed by atoms with E-state index in [1.165, 1.54) is 16.7 Å². The Balaban J connectivity index is 0.00000176. The van der Waals surface area contributed by atoms with E-state index in [0.29, 0.717) is 0 Å². The summed E-state index contributed by atoms with van der Waals surface area (Å²) in [4.78, 5) is 2.47. The Morgan fingerprint density at radius 3 is 2.73 bits per heavy atom. The summed E-state index contributed by atoms with van der Waals surface area (Å²) in [7, 11) is 0. The molecule has 0 bridgehead atoms. The second kappa shape index (κ2) is 7.36. The number of anilines is 1. The van der Waals surface area contributed by atoms with Crippen LogP contribution in [0.15, 0.2) is 36.4 Å². The van der Waals surface area contributed by atoms with Gasteiger partial charge >= 0.3 is 0 Å². The third-order valence-electron chi connectivity index (χ3n) is 4.25. The maximum Gasteiger partial charge on any atom is 0.0455 e. The van der Waals surface area contributed by atoms with E-state index >= 15 is 0 Å². The molecule has 2 nitrogen and oxygen atoms in total. The predicted octanol–water partition coefficient (Wildman–Crippen LogP) is 5.02. The van der Waals surface area contributed by atoms with Crippen molar-refractivity contribution in [3.8, 4) is 0 Å². The minimum Gasteiger partial charge on any atom is -0.381 e. The third kappa shape index (κ3) is 3.57. The number of benzene rings is 2. The summed E-state index contributed by atoms with van der Waals surface area (Å²) in [5.41, 5.74) is 6.54. The first-order valence-electron chi connectivity index (χ1n) is 7.49. The number of halogens is 2. The summed E-state index contributed by atoms with van der Waals surface area (Å²) in [6.45, 7) is 8.34.